The number of carbonyl (C=O) groups excluding carboxylic acids is 1. The molecule has 0 bridgehead atoms. The molecule has 1 heterocycles. The van der Waals surface area contributed by atoms with Gasteiger partial charge in [0.05, 0.1) is 12.2 Å². The Morgan fingerprint density at radius 2 is 2.19 bits per heavy atom. The summed E-state index contributed by atoms with van der Waals surface area (Å²) in [5, 5.41) is 20.3. The fourth-order valence-electron chi connectivity index (χ4n) is 1.73. The quantitative estimate of drug-likeness (QED) is 0.891. The number of halogens is 1. The van der Waals surface area contributed by atoms with E-state index in [0.29, 0.717) is 11.1 Å². The van der Waals surface area contributed by atoms with Gasteiger partial charge in [-0.1, -0.05) is 6.07 Å². The van der Waals surface area contributed by atoms with Gasteiger partial charge in [-0.25, -0.2) is 9.37 Å². The molecule has 0 saturated carbocycles. The van der Waals surface area contributed by atoms with E-state index >= 15 is 0 Å². The SMILES string of the molecule is N#Cc1ccc(C(=O)NCc2ccc(F)c(CO)c2)nc1. The number of aromatic nitrogens is 1. The van der Waals surface area contributed by atoms with Crippen molar-refractivity contribution in [1.82, 2.24) is 10.3 Å². The number of hydrogen-bond acceptors (Lipinski definition) is 4. The van der Waals surface area contributed by atoms with Gasteiger partial charge in [-0.3, -0.25) is 4.79 Å². The summed E-state index contributed by atoms with van der Waals surface area (Å²) in [6.07, 6.45) is 1.32. The molecule has 1 amide bonds. The standard InChI is InChI=1S/C15H12FN3O2/c16-13-3-1-10(5-12(13)9-20)7-19-15(21)14-4-2-11(6-17)8-18-14/h1-5,8,20H,7,9H2,(H,19,21). The van der Waals surface area contributed by atoms with E-state index in [2.05, 4.69) is 10.3 Å². The van der Waals surface area contributed by atoms with E-state index in [4.69, 9.17) is 10.4 Å². The van der Waals surface area contributed by atoms with Gasteiger partial charge < -0.3 is 10.4 Å². The first-order valence-electron chi connectivity index (χ1n) is 6.16. The summed E-state index contributed by atoms with van der Waals surface area (Å²) in [4.78, 5) is 15.7. The van der Waals surface area contributed by atoms with Crippen LogP contribution < -0.4 is 5.32 Å². The monoisotopic (exact) mass is 285 g/mol. The highest BCUT2D eigenvalue weighted by molar-refractivity contribution is 5.92. The summed E-state index contributed by atoms with van der Waals surface area (Å²) in [6.45, 7) is -0.210. The number of nitrogens with zero attached hydrogens (tertiary/aromatic N) is 2. The van der Waals surface area contributed by atoms with Crippen LogP contribution in [0.25, 0.3) is 0 Å². The maximum atomic E-state index is 13.2. The Morgan fingerprint density at radius 3 is 2.81 bits per heavy atom. The zero-order valence-electron chi connectivity index (χ0n) is 11.0. The van der Waals surface area contributed by atoms with E-state index in [-0.39, 0.29) is 17.8 Å². The predicted octanol–water partition coefficient (Wildman–Crippen LogP) is 1.51. The molecule has 2 N–H and O–H groups in total. The Kier molecular flexibility index (Phi) is 4.59. The van der Waals surface area contributed by atoms with Crippen molar-refractivity contribution in [2.24, 2.45) is 0 Å². The molecule has 106 valence electrons. The average Bonchev–Trinajstić information content (AvgIpc) is 2.53. The molecule has 0 unspecified atom stereocenters. The van der Waals surface area contributed by atoms with Gasteiger partial charge in [0.2, 0.25) is 0 Å². The molecule has 0 saturated heterocycles. The summed E-state index contributed by atoms with van der Waals surface area (Å²) in [5.41, 5.74) is 1.41. The highest BCUT2D eigenvalue weighted by Gasteiger charge is 2.08. The fraction of sp³-hybridized carbons (Fsp3) is 0.133. The lowest BCUT2D eigenvalue weighted by molar-refractivity contribution is 0.0946. The zero-order valence-corrected chi connectivity index (χ0v) is 11.0. The van der Waals surface area contributed by atoms with Gasteiger partial charge in [-0.05, 0) is 29.8 Å². The predicted molar refractivity (Wildman–Crippen MR) is 72.4 cm³/mol. The maximum absolute atomic E-state index is 13.2. The van der Waals surface area contributed by atoms with Crippen LogP contribution in [0, 0.1) is 17.1 Å². The molecule has 0 aliphatic carbocycles. The lowest BCUT2D eigenvalue weighted by Gasteiger charge is -2.07. The molecular formula is C15H12FN3O2. The number of nitrogens with one attached hydrogen (secondary N) is 1. The van der Waals surface area contributed by atoms with Gasteiger partial charge in [0.25, 0.3) is 5.91 Å². The van der Waals surface area contributed by atoms with Crippen molar-refractivity contribution in [3.63, 3.8) is 0 Å². The van der Waals surface area contributed by atoms with Crippen molar-refractivity contribution in [3.05, 3.63) is 64.7 Å². The molecular weight excluding hydrogens is 273 g/mol. The smallest absolute Gasteiger partial charge is 0.270 e. The second-order valence-electron chi connectivity index (χ2n) is 4.31. The van der Waals surface area contributed by atoms with Crippen LogP contribution in [0.4, 0.5) is 4.39 Å². The third-order valence-corrected chi connectivity index (χ3v) is 2.86. The molecule has 0 aliphatic rings. The molecule has 0 atom stereocenters. The number of pyridine rings is 1. The van der Waals surface area contributed by atoms with E-state index in [1.807, 2.05) is 6.07 Å². The minimum absolute atomic E-state index is 0.179. The normalized spacial score (nSPS) is 9.95. The number of aliphatic hydroxyl groups is 1. The van der Waals surface area contributed by atoms with E-state index in [9.17, 15) is 9.18 Å². The molecule has 5 nitrogen and oxygen atoms in total. The van der Waals surface area contributed by atoms with Gasteiger partial charge in [-0.2, -0.15) is 5.26 Å². The molecule has 0 aliphatic heterocycles. The average molecular weight is 285 g/mol. The molecule has 0 fully saturated rings. The van der Waals surface area contributed by atoms with Crippen molar-refractivity contribution < 1.29 is 14.3 Å². The largest absolute Gasteiger partial charge is 0.392 e. The lowest BCUT2D eigenvalue weighted by atomic mass is 10.1. The number of nitriles is 1. The Balaban J connectivity index is 2.02. The molecule has 6 heteroatoms. The first-order valence-corrected chi connectivity index (χ1v) is 6.16. The lowest BCUT2D eigenvalue weighted by Crippen LogP contribution is -2.23. The van der Waals surface area contributed by atoms with Gasteiger partial charge in [0, 0.05) is 18.3 Å². The molecule has 21 heavy (non-hydrogen) atoms. The van der Waals surface area contributed by atoms with Crippen LogP contribution in [-0.4, -0.2) is 16.0 Å². The van der Waals surface area contributed by atoms with Crippen molar-refractivity contribution in [2.75, 3.05) is 0 Å². The van der Waals surface area contributed by atoms with Crippen LogP contribution in [0.5, 0.6) is 0 Å². The van der Waals surface area contributed by atoms with Crippen molar-refractivity contribution in [2.45, 2.75) is 13.2 Å². The van der Waals surface area contributed by atoms with Gasteiger partial charge in [0.15, 0.2) is 0 Å². The van der Waals surface area contributed by atoms with Crippen LogP contribution in [0.3, 0.4) is 0 Å². The van der Waals surface area contributed by atoms with Gasteiger partial charge >= 0.3 is 0 Å². The van der Waals surface area contributed by atoms with Crippen LogP contribution in [0.2, 0.25) is 0 Å². The number of hydrogen-bond donors (Lipinski definition) is 2. The van der Waals surface area contributed by atoms with E-state index < -0.39 is 18.3 Å². The molecule has 1 aromatic carbocycles. The van der Waals surface area contributed by atoms with Crippen LogP contribution in [-0.2, 0) is 13.2 Å². The number of amides is 1. The molecule has 2 rings (SSSR count). The summed E-state index contributed by atoms with van der Waals surface area (Å²) in [6, 6.07) is 9.13. The van der Waals surface area contributed by atoms with Crippen molar-refractivity contribution in [1.29, 1.82) is 5.26 Å². The number of benzene rings is 1. The first-order chi connectivity index (χ1) is 10.1. The Morgan fingerprint density at radius 1 is 1.38 bits per heavy atom. The Hall–Kier alpha value is -2.78. The zero-order chi connectivity index (χ0) is 15.2. The first kappa shape index (κ1) is 14.6. The second kappa shape index (κ2) is 6.59. The van der Waals surface area contributed by atoms with Crippen LogP contribution in [0.1, 0.15) is 27.2 Å². The summed E-state index contributed by atoms with van der Waals surface area (Å²) < 4.78 is 13.2. The minimum atomic E-state index is -0.485. The van der Waals surface area contributed by atoms with E-state index in [1.54, 1.807) is 0 Å². The number of rotatable bonds is 4. The summed E-state index contributed by atoms with van der Waals surface area (Å²) >= 11 is 0. The third-order valence-electron chi connectivity index (χ3n) is 2.86. The maximum Gasteiger partial charge on any atom is 0.270 e. The fourth-order valence-corrected chi connectivity index (χ4v) is 1.73. The molecule has 0 spiro atoms. The second-order valence-corrected chi connectivity index (χ2v) is 4.31. The third kappa shape index (κ3) is 3.61. The molecule has 2 aromatic rings. The highest BCUT2D eigenvalue weighted by Crippen LogP contribution is 2.10. The summed E-state index contributed by atoms with van der Waals surface area (Å²) in [5.74, 6) is -0.879. The Labute approximate surface area is 120 Å². The number of aliphatic hydroxyl groups excluding tert-OH is 1. The van der Waals surface area contributed by atoms with Crippen molar-refractivity contribution >= 4 is 5.91 Å². The van der Waals surface area contributed by atoms with Gasteiger partial charge in [-0.15, -0.1) is 0 Å². The topological polar surface area (TPSA) is 86.0 Å². The van der Waals surface area contributed by atoms with Crippen LogP contribution in [0.15, 0.2) is 36.5 Å². The highest BCUT2D eigenvalue weighted by atomic mass is 19.1. The molecule has 1 aromatic heterocycles. The van der Waals surface area contributed by atoms with E-state index in [0.717, 1.165) is 0 Å². The van der Waals surface area contributed by atoms with Crippen molar-refractivity contribution in [3.8, 4) is 6.07 Å². The van der Waals surface area contributed by atoms with Crippen LogP contribution >= 0.6 is 0 Å². The summed E-state index contributed by atoms with van der Waals surface area (Å²) in [7, 11) is 0. The molecule has 0 radical (unpaired) electrons. The minimum Gasteiger partial charge on any atom is -0.392 e. The van der Waals surface area contributed by atoms with E-state index in [1.165, 1.54) is 36.5 Å². The Bertz CT molecular complexity index is 693. The number of carbonyl (C=O) groups is 1. The van der Waals surface area contributed by atoms with Gasteiger partial charge in [0.1, 0.15) is 17.6 Å².